The van der Waals surface area contributed by atoms with E-state index in [1.54, 1.807) is 0 Å². The van der Waals surface area contributed by atoms with Gasteiger partial charge < -0.3 is 10.5 Å². The molecule has 2 nitrogen and oxygen atoms in total. The largest absolute Gasteiger partial charge is 0.487 e. The second-order valence-corrected chi connectivity index (χ2v) is 4.18. The summed E-state index contributed by atoms with van der Waals surface area (Å²) in [6, 6.07) is 12.0. The standard InChI is InChI=1S/C15H15F2NO/c16-13-8-12(10-18)9-14(17)15(13)19-7-6-11-4-2-1-3-5-11/h1-5,8-9H,6-7,10,18H2. The summed E-state index contributed by atoms with van der Waals surface area (Å²) < 4.78 is 32.4. The molecule has 0 amide bonds. The monoisotopic (exact) mass is 263 g/mol. The average molecular weight is 263 g/mol. The smallest absolute Gasteiger partial charge is 0.190 e. The Kier molecular flexibility index (Phi) is 4.47. The fourth-order valence-electron chi connectivity index (χ4n) is 1.78. The van der Waals surface area contributed by atoms with Gasteiger partial charge in [0, 0.05) is 13.0 Å². The summed E-state index contributed by atoms with van der Waals surface area (Å²) in [5, 5.41) is 0. The topological polar surface area (TPSA) is 35.2 Å². The number of hydrogen-bond acceptors (Lipinski definition) is 2. The lowest BCUT2D eigenvalue weighted by atomic mass is 10.1. The molecule has 19 heavy (non-hydrogen) atoms. The van der Waals surface area contributed by atoms with Gasteiger partial charge in [-0.05, 0) is 23.3 Å². The number of nitrogens with two attached hydrogens (primary N) is 1. The van der Waals surface area contributed by atoms with Crippen LogP contribution in [0.3, 0.4) is 0 Å². The van der Waals surface area contributed by atoms with Crippen molar-refractivity contribution in [3.05, 3.63) is 65.2 Å². The van der Waals surface area contributed by atoms with Gasteiger partial charge in [-0.15, -0.1) is 0 Å². The zero-order chi connectivity index (χ0) is 13.7. The van der Waals surface area contributed by atoms with Crippen molar-refractivity contribution in [1.82, 2.24) is 0 Å². The molecule has 2 aromatic carbocycles. The minimum Gasteiger partial charge on any atom is -0.487 e. The summed E-state index contributed by atoms with van der Waals surface area (Å²) in [5.41, 5.74) is 6.80. The molecule has 4 heteroatoms. The van der Waals surface area contributed by atoms with Crippen molar-refractivity contribution in [3.8, 4) is 5.75 Å². The molecule has 0 spiro atoms. The van der Waals surface area contributed by atoms with Crippen molar-refractivity contribution >= 4 is 0 Å². The molecule has 0 unspecified atom stereocenters. The van der Waals surface area contributed by atoms with Gasteiger partial charge >= 0.3 is 0 Å². The highest BCUT2D eigenvalue weighted by molar-refractivity contribution is 5.31. The second kappa shape index (κ2) is 6.29. The van der Waals surface area contributed by atoms with Gasteiger partial charge in [-0.1, -0.05) is 30.3 Å². The number of benzene rings is 2. The summed E-state index contributed by atoms with van der Waals surface area (Å²) in [5.74, 6) is -1.77. The van der Waals surface area contributed by atoms with Gasteiger partial charge in [0.2, 0.25) is 0 Å². The third-order valence-corrected chi connectivity index (χ3v) is 2.77. The van der Waals surface area contributed by atoms with Crippen LogP contribution < -0.4 is 10.5 Å². The Bertz CT molecular complexity index is 520. The quantitative estimate of drug-likeness (QED) is 0.899. The molecule has 0 saturated heterocycles. The number of rotatable bonds is 5. The molecule has 2 N–H and O–H groups in total. The average Bonchev–Trinajstić information content (AvgIpc) is 2.42. The van der Waals surface area contributed by atoms with Gasteiger partial charge in [-0.3, -0.25) is 0 Å². The van der Waals surface area contributed by atoms with Crippen molar-refractivity contribution < 1.29 is 13.5 Å². The summed E-state index contributed by atoms with van der Waals surface area (Å²) in [6.45, 7) is 0.317. The van der Waals surface area contributed by atoms with Crippen LogP contribution in [-0.4, -0.2) is 6.61 Å². The van der Waals surface area contributed by atoms with Gasteiger partial charge in [0.1, 0.15) is 0 Å². The Morgan fingerprint density at radius 1 is 0.947 bits per heavy atom. The molecule has 0 atom stereocenters. The zero-order valence-corrected chi connectivity index (χ0v) is 10.4. The Labute approximate surface area is 110 Å². The maximum absolute atomic E-state index is 13.6. The molecule has 0 fully saturated rings. The summed E-state index contributed by atoms with van der Waals surface area (Å²) in [4.78, 5) is 0. The molecule has 2 rings (SSSR count). The first-order chi connectivity index (χ1) is 9.20. The molecule has 100 valence electrons. The van der Waals surface area contributed by atoms with Crippen molar-refractivity contribution in [3.63, 3.8) is 0 Å². The Hall–Kier alpha value is -1.94. The minimum atomic E-state index is -0.714. The minimum absolute atomic E-state index is 0.0954. The van der Waals surface area contributed by atoms with Gasteiger partial charge in [0.05, 0.1) is 6.61 Å². The van der Waals surface area contributed by atoms with Crippen molar-refractivity contribution in [2.75, 3.05) is 6.61 Å². The van der Waals surface area contributed by atoms with Crippen LogP contribution in [0.5, 0.6) is 5.75 Å². The molecule has 0 heterocycles. The van der Waals surface area contributed by atoms with Crippen molar-refractivity contribution in [2.45, 2.75) is 13.0 Å². The van der Waals surface area contributed by atoms with E-state index < -0.39 is 11.6 Å². The second-order valence-electron chi connectivity index (χ2n) is 4.18. The lowest BCUT2D eigenvalue weighted by Crippen LogP contribution is -2.06. The van der Waals surface area contributed by atoms with E-state index in [1.807, 2.05) is 30.3 Å². The third kappa shape index (κ3) is 3.51. The van der Waals surface area contributed by atoms with Crippen LogP contribution in [0.25, 0.3) is 0 Å². The Balaban J connectivity index is 2.00. The number of ether oxygens (including phenoxy) is 1. The molecule has 0 radical (unpaired) electrons. The molecule has 0 aliphatic carbocycles. The van der Waals surface area contributed by atoms with Crippen LogP contribution in [0.1, 0.15) is 11.1 Å². The third-order valence-electron chi connectivity index (χ3n) is 2.77. The highest BCUT2D eigenvalue weighted by Gasteiger charge is 2.12. The SMILES string of the molecule is NCc1cc(F)c(OCCc2ccccc2)c(F)c1. The van der Waals surface area contributed by atoms with Gasteiger partial charge in [-0.25, -0.2) is 8.78 Å². The van der Waals surface area contributed by atoms with E-state index in [-0.39, 0.29) is 18.9 Å². The van der Waals surface area contributed by atoms with Crippen LogP contribution in [-0.2, 0) is 13.0 Å². The molecular formula is C15H15F2NO. The van der Waals surface area contributed by atoms with Gasteiger partial charge in [0.15, 0.2) is 17.4 Å². The molecule has 0 aromatic heterocycles. The van der Waals surface area contributed by atoms with Crippen LogP contribution >= 0.6 is 0 Å². The fraction of sp³-hybridized carbons (Fsp3) is 0.200. The van der Waals surface area contributed by atoms with Crippen molar-refractivity contribution in [2.24, 2.45) is 5.73 Å². The fourth-order valence-corrected chi connectivity index (χ4v) is 1.78. The summed E-state index contributed by atoms with van der Waals surface area (Å²) in [6.07, 6.45) is 0.596. The van der Waals surface area contributed by atoms with Crippen LogP contribution in [0.15, 0.2) is 42.5 Å². The predicted molar refractivity (Wildman–Crippen MR) is 69.9 cm³/mol. The van der Waals surface area contributed by atoms with Crippen LogP contribution in [0.2, 0.25) is 0 Å². The molecule has 0 saturated carbocycles. The van der Waals surface area contributed by atoms with E-state index in [0.29, 0.717) is 12.0 Å². The molecule has 0 aliphatic heterocycles. The number of hydrogen-bond donors (Lipinski definition) is 1. The Morgan fingerprint density at radius 3 is 2.16 bits per heavy atom. The van der Waals surface area contributed by atoms with E-state index in [2.05, 4.69) is 0 Å². The molecule has 2 aromatic rings. The lowest BCUT2D eigenvalue weighted by Gasteiger charge is -2.09. The summed E-state index contributed by atoms with van der Waals surface area (Å²) >= 11 is 0. The van der Waals surface area contributed by atoms with E-state index in [9.17, 15) is 8.78 Å². The van der Waals surface area contributed by atoms with E-state index in [0.717, 1.165) is 5.56 Å². The summed E-state index contributed by atoms with van der Waals surface area (Å²) in [7, 11) is 0. The number of halogens is 2. The molecule has 0 bridgehead atoms. The van der Waals surface area contributed by atoms with E-state index >= 15 is 0 Å². The first-order valence-corrected chi connectivity index (χ1v) is 6.05. The van der Waals surface area contributed by atoms with Crippen LogP contribution in [0, 0.1) is 11.6 Å². The van der Waals surface area contributed by atoms with E-state index in [4.69, 9.17) is 10.5 Å². The molecule has 0 aliphatic rings. The van der Waals surface area contributed by atoms with Crippen LogP contribution in [0.4, 0.5) is 8.78 Å². The normalized spacial score (nSPS) is 10.5. The zero-order valence-electron chi connectivity index (χ0n) is 10.4. The Morgan fingerprint density at radius 2 is 1.58 bits per heavy atom. The maximum Gasteiger partial charge on any atom is 0.190 e. The highest BCUT2D eigenvalue weighted by Crippen LogP contribution is 2.23. The predicted octanol–water partition coefficient (Wildman–Crippen LogP) is 3.05. The maximum atomic E-state index is 13.6. The van der Waals surface area contributed by atoms with Gasteiger partial charge in [0.25, 0.3) is 0 Å². The van der Waals surface area contributed by atoms with E-state index in [1.165, 1.54) is 12.1 Å². The first kappa shape index (κ1) is 13.5. The molecular weight excluding hydrogens is 248 g/mol. The first-order valence-electron chi connectivity index (χ1n) is 6.05. The van der Waals surface area contributed by atoms with Crippen molar-refractivity contribution in [1.29, 1.82) is 0 Å². The van der Waals surface area contributed by atoms with Gasteiger partial charge in [-0.2, -0.15) is 0 Å². The highest BCUT2D eigenvalue weighted by atomic mass is 19.1. The lowest BCUT2D eigenvalue weighted by molar-refractivity contribution is 0.288.